The Bertz CT molecular complexity index is 2030. The SMILES string of the molecule is CCCCCCCCCCCCCCCCCCCCCCCC(=O)OC[C@H](COP(=O)(O)OC[C@@H](O)COP(=O)(O)OC[C@@H](COC(=O)CCCCCCCCCCCCC)OC(=O)CCCCCCCCCCCCCC(C)C)OC(=O)CCCCCCCCCCCCCCCCCCCCCCC. The fourth-order valence-corrected chi connectivity index (χ4v) is 15.4. The Labute approximate surface area is 658 Å². The van der Waals surface area contributed by atoms with Crippen LogP contribution in [-0.4, -0.2) is 96.7 Å². The highest BCUT2D eigenvalue weighted by molar-refractivity contribution is 7.47. The molecule has 0 amide bonds. The molecular formula is C88H172O17P2. The number of aliphatic hydroxyl groups is 1. The minimum atomic E-state index is -4.97. The van der Waals surface area contributed by atoms with Crippen molar-refractivity contribution in [1.29, 1.82) is 0 Å². The quantitative estimate of drug-likeness (QED) is 0.0222. The Balaban J connectivity index is 5.22. The van der Waals surface area contributed by atoms with Crippen molar-refractivity contribution < 1.29 is 80.2 Å². The van der Waals surface area contributed by atoms with E-state index in [0.29, 0.717) is 25.7 Å². The molecule has 19 heteroatoms. The van der Waals surface area contributed by atoms with Crippen LogP contribution in [0.1, 0.15) is 478 Å². The second-order valence-electron chi connectivity index (χ2n) is 32.1. The highest BCUT2D eigenvalue weighted by Crippen LogP contribution is 2.45. The fourth-order valence-electron chi connectivity index (χ4n) is 13.8. The van der Waals surface area contributed by atoms with Gasteiger partial charge in [-0.1, -0.05) is 426 Å². The van der Waals surface area contributed by atoms with Crippen molar-refractivity contribution in [3.05, 3.63) is 0 Å². The summed E-state index contributed by atoms with van der Waals surface area (Å²) >= 11 is 0. The Morgan fingerprint density at radius 3 is 0.636 bits per heavy atom. The first-order valence-electron chi connectivity index (χ1n) is 45.6. The van der Waals surface area contributed by atoms with E-state index in [1.54, 1.807) is 0 Å². The lowest BCUT2D eigenvalue weighted by Gasteiger charge is -2.21. The van der Waals surface area contributed by atoms with Gasteiger partial charge >= 0.3 is 39.5 Å². The summed E-state index contributed by atoms with van der Waals surface area (Å²) in [6.45, 7) is 7.37. The Kier molecular flexibility index (Phi) is 79.2. The molecule has 0 aromatic carbocycles. The number of phosphoric ester groups is 2. The molecule has 636 valence electrons. The molecule has 0 bridgehead atoms. The highest BCUT2D eigenvalue weighted by atomic mass is 31.2. The molecule has 107 heavy (non-hydrogen) atoms. The second-order valence-corrected chi connectivity index (χ2v) is 35.0. The third-order valence-corrected chi connectivity index (χ3v) is 22.7. The van der Waals surface area contributed by atoms with Crippen LogP contribution < -0.4 is 0 Å². The highest BCUT2D eigenvalue weighted by Gasteiger charge is 2.30. The van der Waals surface area contributed by atoms with E-state index in [0.717, 1.165) is 95.8 Å². The molecule has 0 aliphatic carbocycles. The molecule has 17 nitrogen and oxygen atoms in total. The van der Waals surface area contributed by atoms with Gasteiger partial charge in [0.25, 0.3) is 0 Å². The maximum Gasteiger partial charge on any atom is 0.472 e. The van der Waals surface area contributed by atoms with Crippen molar-refractivity contribution in [2.75, 3.05) is 39.6 Å². The van der Waals surface area contributed by atoms with E-state index in [1.807, 2.05) is 0 Å². The summed E-state index contributed by atoms with van der Waals surface area (Å²) in [5, 5.41) is 10.7. The van der Waals surface area contributed by atoms with Crippen LogP contribution in [0.2, 0.25) is 0 Å². The molecule has 0 saturated carbocycles. The summed E-state index contributed by atoms with van der Waals surface area (Å²) in [4.78, 5) is 73.3. The predicted octanol–water partition coefficient (Wildman–Crippen LogP) is 27.2. The topological polar surface area (TPSA) is 237 Å². The van der Waals surface area contributed by atoms with Crippen LogP contribution in [0.25, 0.3) is 0 Å². The third kappa shape index (κ3) is 81.9. The number of aliphatic hydroxyl groups excluding tert-OH is 1. The summed E-state index contributed by atoms with van der Waals surface area (Å²) in [5.41, 5.74) is 0. The monoisotopic (exact) mass is 1560 g/mol. The molecule has 0 fully saturated rings. The second kappa shape index (κ2) is 80.7. The van der Waals surface area contributed by atoms with Crippen molar-refractivity contribution in [3.63, 3.8) is 0 Å². The minimum Gasteiger partial charge on any atom is -0.462 e. The lowest BCUT2D eigenvalue weighted by Crippen LogP contribution is -2.30. The molecule has 0 aliphatic heterocycles. The molecule has 0 saturated heterocycles. The maximum atomic E-state index is 13.2. The minimum absolute atomic E-state index is 0.107. The van der Waals surface area contributed by atoms with Gasteiger partial charge in [-0.15, -0.1) is 0 Å². The van der Waals surface area contributed by atoms with Gasteiger partial charge in [0, 0.05) is 25.7 Å². The molecule has 0 heterocycles. The van der Waals surface area contributed by atoms with Gasteiger partial charge in [0.2, 0.25) is 0 Å². The van der Waals surface area contributed by atoms with Crippen molar-refractivity contribution in [1.82, 2.24) is 0 Å². The number of esters is 4. The van der Waals surface area contributed by atoms with E-state index in [-0.39, 0.29) is 25.7 Å². The van der Waals surface area contributed by atoms with Gasteiger partial charge in [-0.2, -0.15) is 0 Å². The standard InChI is InChI=1S/C88H172O17P2/c1-6-9-12-15-18-21-24-26-28-30-32-34-36-38-40-42-47-52-57-62-67-72-86(91)99-78-84(104-87(92)73-68-63-58-53-48-43-41-39-37-35-33-31-29-27-25-22-19-16-13-10-7-2)80-103-107(96,97)101-76-82(89)75-100-106(94,95)102-79-83(77-98-85(90)71-66-61-56-51-45-23-20-17-14-11-8-3)105-88(93)74-69-64-59-54-49-44-46-50-55-60-65-70-81(4)5/h81-84,89H,6-80H2,1-5H3,(H,94,95)(H,96,97)/t82-,83+,84+/m0/s1. The van der Waals surface area contributed by atoms with Crippen molar-refractivity contribution in [2.45, 2.75) is 496 Å². The lowest BCUT2D eigenvalue weighted by molar-refractivity contribution is -0.161. The van der Waals surface area contributed by atoms with Gasteiger partial charge in [0.15, 0.2) is 12.2 Å². The van der Waals surface area contributed by atoms with Crippen LogP contribution in [0.4, 0.5) is 0 Å². The zero-order chi connectivity index (χ0) is 78.3. The summed E-state index contributed by atoms with van der Waals surface area (Å²) in [5.74, 6) is -1.33. The van der Waals surface area contributed by atoms with Crippen LogP contribution in [0.5, 0.6) is 0 Å². The molecule has 0 aliphatic rings. The first-order chi connectivity index (χ1) is 52.0. The summed E-state index contributed by atoms with van der Waals surface area (Å²) in [6, 6.07) is 0. The number of hydrogen-bond acceptors (Lipinski definition) is 15. The van der Waals surface area contributed by atoms with Crippen LogP contribution in [0.3, 0.4) is 0 Å². The number of unbranched alkanes of at least 4 members (excludes halogenated alkanes) is 60. The average Bonchev–Trinajstić information content (AvgIpc) is 0.905. The van der Waals surface area contributed by atoms with Crippen LogP contribution >= 0.6 is 15.6 Å². The Morgan fingerprint density at radius 1 is 0.252 bits per heavy atom. The van der Waals surface area contributed by atoms with Crippen LogP contribution in [-0.2, 0) is 65.4 Å². The maximum absolute atomic E-state index is 13.2. The summed E-state index contributed by atoms with van der Waals surface area (Å²) in [7, 11) is -9.93. The predicted molar refractivity (Wildman–Crippen MR) is 442 cm³/mol. The van der Waals surface area contributed by atoms with Crippen molar-refractivity contribution in [3.8, 4) is 0 Å². The molecule has 0 rings (SSSR count). The number of hydrogen-bond donors (Lipinski definition) is 3. The first-order valence-corrected chi connectivity index (χ1v) is 48.6. The number of phosphoric acid groups is 2. The smallest absolute Gasteiger partial charge is 0.462 e. The average molecular weight is 1560 g/mol. The van der Waals surface area contributed by atoms with E-state index < -0.39 is 97.5 Å². The molecule has 0 aromatic heterocycles. The fraction of sp³-hybridized carbons (Fsp3) is 0.955. The molecule has 0 aromatic rings. The van der Waals surface area contributed by atoms with E-state index >= 15 is 0 Å². The Morgan fingerprint density at radius 2 is 0.430 bits per heavy atom. The molecular weight excluding hydrogens is 1390 g/mol. The normalized spacial score (nSPS) is 13.7. The molecule has 3 N–H and O–H groups in total. The van der Waals surface area contributed by atoms with E-state index in [1.165, 1.54) is 302 Å². The number of rotatable bonds is 88. The molecule has 5 atom stereocenters. The number of ether oxygens (including phenoxy) is 4. The van der Waals surface area contributed by atoms with Crippen molar-refractivity contribution >= 4 is 39.5 Å². The lowest BCUT2D eigenvalue weighted by atomic mass is 10.0. The van der Waals surface area contributed by atoms with Crippen LogP contribution in [0.15, 0.2) is 0 Å². The van der Waals surface area contributed by atoms with Gasteiger partial charge in [0.05, 0.1) is 26.4 Å². The van der Waals surface area contributed by atoms with E-state index in [9.17, 15) is 43.2 Å². The zero-order valence-electron chi connectivity index (χ0n) is 70.3. The Hall–Kier alpha value is -1.94. The molecule has 0 spiro atoms. The molecule has 0 radical (unpaired) electrons. The molecule has 2 unspecified atom stereocenters. The summed E-state index contributed by atoms with van der Waals surface area (Å²) < 4.78 is 68.9. The van der Waals surface area contributed by atoms with Gasteiger partial charge in [-0.3, -0.25) is 37.3 Å². The number of carbonyl (C=O) groups is 4. The van der Waals surface area contributed by atoms with E-state index in [2.05, 4.69) is 34.6 Å². The largest absolute Gasteiger partial charge is 0.472 e. The van der Waals surface area contributed by atoms with Crippen LogP contribution in [0, 0.1) is 5.92 Å². The zero-order valence-corrected chi connectivity index (χ0v) is 72.1. The third-order valence-electron chi connectivity index (χ3n) is 20.8. The van der Waals surface area contributed by atoms with Gasteiger partial charge in [0.1, 0.15) is 19.3 Å². The van der Waals surface area contributed by atoms with Crippen molar-refractivity contribution in [2.24, 2.45) is 5.92 Å². The van der Waals surface area contributed by atoms with E-state index in [4.69, 9.17) is 37.0 Å². The first kappa shape index (κ1) is 105. The van der Waals surface area contributed by atoms with Gasteiger partial charge in [-0.05, 0) is 31.6 Å². The summed E-state index contributed by atoms with van der Waals surface area (Å²) in [6.07, 6.45) is 75.1. The van der Waals surface area contributed by atoms with Gasteiger partial charge < -0.3 is 33.8 Å². The number of carbonyl (C=O) groups excluding carboxylic acids is 4. The van der Waals surface area contributed by atoms with Gasteiger partial charge in [-0.25, -0.2) is 9.13 Å².